The lowest BCUT2D eigenvalue weighted by molar-refractivity contribution is 0.0947. The second-order valence-corrected chi connectivity index (χ2v) is 8.37. The molecule has 0 unspecified atom stereocenters. The minimum Gasteiger partial charge on any atom is -0.473 e. The van der Waals surface area contributed by atoms with Crippen LogP contribution in [0.2, 0.25) is 0 Å². The number of carbonyl (C=O) groups is 1. The number of hydrogen-bond acceptors (Lipinski definition) is 7. The molecule has 1 amide bonds. The first-order valence-electron chi connectivity index (χ1n) is 10.5. The van der Waals surface area contributed by atoms with E-state index in [2.05, 4.69) is 20.4 Å². The smallest absolute Gasteiger partial charge is 0.254 e. The number of pyridine rings is 2. The van der Waals surface area contributed by atoms with Gasteiger partial charge in [-0.3, -0.25) is 4.79 Å². The molecule has 0 radical (unpaired) electrons. The zero-order valence-corrected chi connectivity index (χ0v) is 19.3. The minimum absolute atomic E-state index is 0.187. The van der Waals surface area contributed by atoms with Crippen LogP contribution in [-0.4, -0.2) is 21.0 Å². The number of aromatic nitrogens is 3. The molecule has 3 heterocycles. The molecule has 4 aromatic rings. The molecule has 8 heteroatoms. The van der Waals surface area contributed by atoms with Crippen molar-refractivity contribution < 1.29 is 14.1 Å². The highest BCUT2D eigenvalue weighted by Crippen LogP contribution is 2.27. The molecule has 0 atom stereocenters. The number of aryl methyl sites for hydroxylation is 2. The van der Waals surface area contributed by atoms with Gasteiger partial charge in [0.2, 0.25) is 5.88 Å². The first kappa shape index (κ1) is 22.5. The first-order valence-corrected chi connectivity index (χ1v) is 11.5. The number of ether oxygens (including phenoxy) is 1. The van der Waals surface area contributed by atoms with E-state index >= 15 is 0 Å². The Balaban J connectivity index is 1.36. The summed E-state index contributed by atoms with van der Waals surface area (Å²) in [5.74, 6) is 1.74. The van der Waals surface area contributed by atoms with Gasteiger partial charge in [0.05, 0.1) is 11.3 Å². The van der Waals surface area contributed by atoms with Gasteiger partial charge in [-0.05, 0) is 43.2 Å². The zero-order valence-electron chi connectivity index (χ0n) is 18.4. The number of thioether (sulfide) groups is 1. The third-order valence-corrected chi connectivity index (χ3v) is 6.06. The average Bonchev–Trinajstić information content (AvgIpc) is 3.18. The maximum absolute atomic E-state index is 12.9. The Hall–Kier alpha value is -3.65. The molecule has 1 N–H and O–H groups in total. The highest BCUT2D eigenvalue weighted by molar-refractivity contribution is 7.98. The van der Waals surface area contributed by atoms with Crippen LogP contribution in [0.1, 0.15) is 38.5 Å². The molecule has 0 aliphatic carbocycles. The summed E-state index contributed by atoms with van der Waals surface area (Å²) in [7, 11) is 0. The van der Waals surface area contributed by atoms with Crippen molar-refractivity contribution in [3.63, 3.8) is 0 Å². The van der Waals surface area contributed by atoms with Crippen molar-refractivity contribution >= 4 is 17.7 Å². The molecule has 0 fully saturated rings. The molecule has 1 aromatic carbocycles. The van der Waals surface area contributed by atoms with Gasteiger partial charge in [0.15, 0.2) is 0 Å². The van der Waals surface area contributed by atoms with Crippen LogP contribution in [0.25, 0.3) is 0 Å². The maximum Gasteiger partial charge on any atom is 0.254 e. The van der Waals surface area contributed by atoms with E-state index < -0.39 is 0 Å². The van der Waals surface area contributed by atoms with E-state index in [0.29, 0.717) is 35.4 Å². The molecule has 0 bridgehead atoms. The molecule has 0 aliphatic heterocycles. The van der Waals surface area contributed by atoms with Crippen LogP contribution in [0.4, 0.5) is 0 Å². The van der Waals surface area contributed by atoms with Gasteiger partial charge in [-0.25, -0.2) is 9.97 Å². The largest absolute Gasteiger partial charge is 0.473 e. The summed E-state index contributed by atoms with van der Waals surface area (Å²) in [5, 5.41) is 7.61. The molecular formula is C25H24N4O3S. The fraction of sp³-hybridized carbons (Fsp3) is 0.200. The van der Waals surface area contributed by atoms with E-state index in [-0.39, 0.29) is 5.91 Å². The number of hydrogen-bond donors (Lipinski definition) is 1. The van der Waals surface area contributed by atoms with Crippen LogP contribution in [0.3, 0.4) is 0 Å². The summed E-state index contributed by atoms with van der Waals surface area (Å²) in [6.45, 7) is 4.58. The Bertz CT molecular complexity index is 1210. The van der Waals surface area contributed by atoms with Crippen molar-refractivity contribution in [1.82, 2.24) is 20.4 Å². The number of carbonyl (C=O) groups excluding carboxylic acids is 1. The summed E-state index contributed by atoms with van der Waals surface area (Å²) < 4.78 is 11.0. The van der Waals surface area contributed by atoms with E-state index in [4.69, 9.17) is 9.26 Å². The molecule has 3 aromatic heterocycles. The first-order chi connectivity index (χ1) is 16.1. The fourth-order valence-corrected chi connectivity index (χ4v) is 4.32. The van der Waals surface area contributed by atoms with Gasteiger partial charge in [-0.15, -0.1) is 11.8 Å². The molecule has 0 spiro atoms. The molecule has 4 rings (SSSR count). The highest BCUT2D eigenvalue weighted by Gasteiger charge is 2.15. The summed E-state index contributed by atoms with van der Waals surface area (Å²) in [4.78, 5) is 21.5. The standard InChI is InChI=1S/C25H24N4O3S/c1-17-22(18(2)32-29-17)16-33-25-21(9-6-11-27-25)24(30)28-14-20-10-12-26-23(13-20)31-15-19-7-4-3-5-8-19/h3-13H,14-16H2,1-2H3,(H,28,30). The van der Waals surface area contributed by atoms with Crippen LogP contribution in [0, 0.1) is 13.8 Å². The zero-order chi connectivity index (χ0) is 23.0. The predicted molar refractivity (Wildman–Crippen MR) is 126 cm³/mol. The second kappa shape index (κ2) is 10.8. The monoisotopic (exact) mass is 460 g/mol. The van der Waals surface area contributed by atoms with E-state index in [1.165, 1.54) is 11.8 Å². The van der Waals surface area contributed by atoms with Crippen LogP contribution in [-0.2, 0) is 18.9 Å². The summed E-state index contributed by atoms with van der Waals surface area (Å²) in [6, 6.07) is 17.1. The Kier molecular flexibility index (Phi) is 7.36. The number of nitrogens with zero attached hydrogens (tertiary/aromatic N) is 3. The number of nitrogens with one attached hydrogen (secondary N) is 1. The third-order valence-electron chi connectivity index (χ3n) is 5.03. The minimum atomic E-state index is -0.187. The van der Waals surface area contributed by atoms with Gasteiger partial charge in [0.1, 0.15) is 17.4 Å². The van der Waals surface area contributed by atoms with Gasteiger partial charge in [0.25, 0.3) is 5.91 Å². The quantitative estimate of drug-likeness (QED) is 0.356. The van der Waals surface area contributed by atoms with Gasteiger partial charge >= 0.3 is 0 Å². The van der Waals surface area contributed by atoms with Crippen molar-refractivity contribution in [1.29, 1.82) is 0 Å². The van der Waals surface area contributed by atoms with Crippen LogP contribution in [0.5, 0.6) is 5.88 Å². The Morgan fingerprint density at radius 3 is 2.67 bits per heavy atom. The molecule has 7 nitrogen and oxygen atoms in total. The van der Waals surface area contributed by atoms with Gasteiger partial charge in [-0.1, -0.05) is 35.5 Å². The summed E-state index contributed by atoms with van der Waals surface area (Å²) in [6.07, 6.45) is 3.36. The molecular weight excluding hydrogens is 436 g/mol. The van der Waals surface area contributed by atoms with Crippen molar-refractivity contribution in [2.24, 2.45) is 0 Å². The fourth-order valence-electron chi connectivity index (χ4n) is 3.18. The molecule has 168 valence electrons. The maximum atomic E-state index is 12.9. The lowest BCUT2D eigenvalue weighted by Gasteiger charge is -2.10. The van der Waals surface area contributed by atoms with Crippen molar-refractivity contribution in [3.05, 3.63) is 101 Å². The molecule has 0 saturated heterocycles. The topological polar surface area (TPSA) is 90.1 Å². The van der Waals surface area contributed by atoms with Gasteiger partial charge < -0.3 is 14.6 Å². The summed E-state index contributed by atoms with van der Waals surface area (Å²) in [5.41, 5.74) is 4.37. The van der Waals surface area contributed by atoms with E-state index in [1.54, 1.807) is 24.5 Å². The number of benzene rings is 1. The lowest BCUT2D eigenvalue weighted by Crippen LogP contribution is -2.23. The van der Waals surface area contributed by atoms with Crippen molar-refractivity contribution in [2.75, 3.05) is 0 Å². The van der Waals surface area contributed by atoms with E-state index in [9.17, 15) is 4.79 Å². The molecule has 0 saturated carbocycles. The summed E-state index contributed by atoms with van der Waals surface area (Å²) >= 11 is 1.49. The highest BCUT2D eigenvalue weighted by atomic mass is 32.2. The Morgan fingerprint density at radius 2 is 1.88 bits per heavy atom. The van der Waals surface area contributed by atoms with Gasteiger partial charge in [0, 0.05) is 36.3 Å². The van der Waals surface area contributed by atoms with Gasteiger partial charge in [-0.2, -0.15) is 0 Å². The molecule has 33 heavy (non-hydrogen) atoms. The molecule has 0 aliphatic rings. The average molecular weight is 461 g/mol. The van der Waals surface area contributed by atoms with Crippen LogP contribution >= 0.6 is 11.8 Å². The normalized spacial score (nSPS) is 10.7. The van der Waals surface area contributed by atoms with Crippen molar-refractivity contribution in [2.45, 2.75) is 37.8 Å². The predicted octanol–water partition coefficient (Wildman–Crippen LogP) is 4.88. The Morgan fingerprint density at radius 1 is 1.03 bits per heavy atom. The van der Waals surface area contributed by atoms with Crippen LogP contribution in [0.15, 0.2) is 76.5 Å². The van der Waals surface area contributed by atoms with Crippen LogP contribution < -0.4 is 10.1 Å². The van der Waals surface area contributed by atoms with E-state index in [1.807, 2.05) is 56.3 Å². The lowest BCUT2D eigenvalue weighted by atomic mass is 10.2. The number of rotatable bonds is 9. The van der Waals surface area contributed by atoms with E-state index in [0.717, 1.165) is 28.1 Å². The third kappa shape index (κ3) is 5.98. The Labute approximate surface area is 196 Å². The second-order valence-electron chi connectivity index (χ2n) is 7.41. The van der Waals surface area contributed by atoms with Crippen molar-refractivity contribution in [3.8, 4) is 5.88 Å². The SMILES string of the molecule is Cc1noc(C)c1CSc1ncccc1C(=O)NCc1ccnc(OCc2ccccc2)c1. The number of amides is 1.